The fraction of sp³-hybridized carbons (Fsp3) is 0.533. The zero-order valence-electron chi connectivity index (χ0n) is 12.3. The summed E-state index contributed by atoms with van der Waals surface area (Å²) in [4.78, 5) is 28.8. The molecule has 21 heavy (non-hydrogen) atoms. The highest BCUT2D eigenvalue weighted by Crippen LogP contribution is 2.25. The number of carboxylic acids is 1. The molecule has 1 fully saturated rings. The van der Waals surface area contributed by atoms with E-state index in [1.54, 1.807) is 12.0 Å². The van der Waals surface area contributed by atoms with E-state index in [1.807, 2.05) is 0 Å². The van der Waals surface area contributed by atoms with Gasteiger partial charge in [0.1, 0.15) is 5.69 Å². The third-order valence-electron chi connectivity index (χ3n) is 4.05. The average Bonchev–Trinajstić information content (AvgIpc) is 2.69. The lowest BCUT2D eigenvalue weighted by Gasteiger charge is -2.26. The number of hydrogen-bond donors (Lipinski definition) is 1. The second-order valence-electron chi connectivity index (χ2n) is 5.54. The number of carbonyl (C=O) groups is 2. The van der Waals surface area contributed by atoms with E-state index in [4.69, 9.17) is 9.84 Å². The lowest BCUT2D eigenvalue weighted by molar-refractivity contribution is -0.00538. The molecule has 0 bridgehead atoms. The van der Waals surface area contributed by atoms with Crippen LogP contribution in [0.4, 0.5) is 0 Å². The Morgan fingerprint density at radius 1 is 1.33 bits per heavy atom. The van der Waals surface area contributed by atoms with Crippen LogP contribution in [0.25, 0.3) is 0 Å². The first kappa shape index (κ1) is 15.4. The van der Waals surface area contributed by atoms with Crippen molar-refractivity contribution >= 4 is 11.9 Å². The number of amides is 1. The molecule has 1 aliphatic heterocycles. The topological polar surface area (TPSA) is 79.7 Å². The quantitative estimate of drug-likeness (QED) is 0.919. The van der Waals surface area contributed by atoms with Gasteiger partial charge in [0.25, 0.3) is 5.91 Å². The predicted molar refractivity (Wildman–Crippen MR) is 76.4 cm³/mol. The Morgan fingerprint density at radius 2 is 2.10 bits per heavy atom. The summed E-state index contributed by atoms with van der Waals surface area (Å²) in [5, 5.41) is 8.81. The van der Waals surface area contributed by atoms with Crippen LogP contribution in [0, 0.1) is 0 Å². The molecule has 0 aliphatic carbocycles. The zero-order chi connectivity index (χ0) is 15.5. The minimum Gasteiger partial charge on any atom is -0.477 e. The fourth-order valence-corrected chi connectivity index (χ4v) is 2.49. The monoisotopic (exact) mass is 292 g/mol. The van der Waals surface area contributed by atoms with Crippen molar-refractivity contribution in [1.82, 2.24) is 9.88 Å². The second-order valence-corrected chi connectivity index (χ2v) is 5.54. The maximum Gasteiger partial charge on any atom is 0.354 e. The van der Waals surface area contributed by atoms with Crippen molar-refractivity contribution in [3.63, 3.8) is 0 Å². The molecule has 0 spiro atoms. The van der Waals surface area contributed by atoms with Gasteiger partial charge in [0.15, 0.2) is 0 Å². The summed E-state index contributed by atoms with van der Waals surface area (Å²) in [6.07, 6.45) is 3.92. The van der Waals surface area contributed by atoms with Crippen LogP contribution in [-0.2, 0) is 4.74 Å². The first-order valence-electron chi connectivity index (χ1n) is 6.99. The number of rotatable bonds is 3. The fourth-order valence-electron chi connectivity index (χ4n) is 2.49. The number of carbonyl (C=O) groups excluding carboxylic acids is 1. The highest BCUT2D eigenvalue weighted by molar-refractivity contribution is 5.94. The Labute approximate surface area is 123 Å². The van der Waals surface area contributed by atoms with Crippen LogP contribution in [0.2, 0.25) is 0 Å². The molecule has 0 saturated carbocycles. The van der Waals surface area contributed by atoms with Crippen molar-refractivity contribution in [2.75, 3.05) is 20.2 Å². The summed E-state index contributed by atoms with van der Waals surface area (Å²) < 4.78 is 5.52. The van der Waals surface area contributed by atoms with E-state index in [9.17, 15) is 9.59 Å². The summed E-state index contributed by atoms with van der Waals surface area (Å²) in [6.45, 7) is 3.37. The standard InChI is InChI=1S/C15H20N2O4/c1-15(21-2)6-3-8-17(9-7-15)13(18)11-4-5-12(14(19)20)16-10-11/h4-5,10H,3,6-9H2,1-2H3,(H,19,20). The Balaban J connectivity index is 2.07. The Morgan fingerprint density at radius 3 is 2.67 bits per heavy atom. The van der Waals surface area contributed by atoms with Crippen LogP contribution in [0.1, 0.15) is 47.0 Å². The number of nitrogens with zero attached hydrogens (tertiary/aromatic N) is 2. The molecule has 1 unspecified atom stereocenters. The largest absolute Gasteiger partial charge is 0.477 e. The molecule has 2 heterocycles. The highest BCUT2D eigenvalue weighted by Gasteiger charge is 2.29. The molecule has 2 rings (SSSR count). The molecule has 1 aromatic heterocycles. The van der Waals surface area contributed by atoms with E-state index in [0.29, 0.717) is 18.7 Å². The molecule has 1 N–H and O–H groups in total. The maximum absolute atomic E-state index is 12.4. The second kappa shape index (κ2) is 6.22. The average molecular weight is 292 g/mol. The van der Waals surface area contributed by atoms with Gasteiger partial charge in [-0.15, -0.1) is 0 Å². The van der Waals surface area contributed by atoms with Gasteiger partial charge >= 0.3 is 5.97 Å². The SMILES string of the molecule is COC1(C)CCCN(C(=O)c2ccc(C(=O)O)nc2)CC1. The lowest BCUT2D eigenvalue weighted by Crippen LogP contribution is -2.34. The van der Waals surface area contributed by atoms with Gasteiger partial charge in [-0.2, -0.15) is 0 Å². The molecule has 6 nitrogen and oxygen atoms in total. The van der Waals surface area contributed by atoms with Gasteiger partial charge in [0.2, 0.25) is 0 Å². The number of aromatic nitrogens is 1. The molecule has 1 amide bonds. The van der Waals surface area contributed by atoms with E-state index in [-0.39, 0.29) is 17.2 Å². The smallest absolute Gasteiger partial charge is 0.354 e. The molecule has 114 valence electrons. The maximum atomic E-state index is 12.4. The lowest BCUT2D eigenvalue weighted by atomic mass is 9.97. The molecule has 1 aromatic rings. The molecule has 0 radical (unpaired) electrons. The number of ether oxygens (including phenoxy) is 1. The number of hydrogen-bond acceptors (Lipinski definition) is 4. The van der Waals surface area contributed by atoms with Gasteiger partial charge in [-0.3, -0.25) is 4.79 Å². The van der Waals surface area contributed by atoms with Crippen molar-refractivity contribution in [2.45, 2.75) is 31.8 Å². The summed E-state index contributed by atoms with van der Waals surface area (Å²) in [7, 11) is 1.70. The van der Waals surface area contributed by atoms with Crippen molar-refractivity contribution in [2.24, 2.45) is 0 Å². The first-order valence-corrected chi connectivity index (χ1v) is 6.99. The molecule has 1 saturated heterocycles. The Kier molecular flexibility index (Phi) is 4.57. The molecule has 1 aliphatic rings. The van der Waals surface area contributed by atoms with E-state index in [0.717, 1.165) is 19.3 Å². The number of methoxy groups -OCH3 is 1. The normalized spacial score (nSPS) is 22.7. The third-order valence-corrected chi connectivity index (χ3v) is 4.05. The Bertz CT molecular complexity index is 529. The molecule has 0 aromatic carbocycles. The highest BCUT2D eigenvalue weighted by atomic mass is 16.5. The van der Waals surface area contributed by atoms with E-state index in [1.165, 1.54) is 18.3 Å². The van der Waals surface area contributed by atoms with Gasteiger partial charge in [-0.25, -0.2) is 9.78 Å². The van der Waals surface area contributed by atoms with Crippen LogP contribution in [0.5, 0.6) is 0 Å². The van der Waals surface area contributed by atoms with Gasteiger partial charge in [0, 0.05) is 26.4 Å². The molecule has 1 atom stereocenters. The van der Waals surface area contributed by atoms with E-state index < -0.39 is 5.97 Å². The number of likely N-dealkylation sites (tertiary alicyclic amines) is 1. The third kappa shape index (κ3) is 3.58. The first-order chi connectivity index (χ1) is 9.95. The zero-order valence-corrected chi connectivity index (χ0v) is 12.3. The number of pyridine rings is 1. The summed E-state index contributed by atoms with van der Waals surface area (Å²) in [6, 6.07) is 2.87. The summed E-state index contributed by atoms with van der Waals surface area (Å²) >= 11 is 0. The predicted octanol–water partition coefficient (Wildman–Crippen LogP) is 1.81. The molecular formula is C15H20N2O4. The van der Waals surface area contributed by atoms with E-state index >= 15 is 0 Å². The summed E-state index contributed by atoms with van der Waals surface area (Å²) in [5.74, 6) is -1.21. The van der Waals surface area contributed by atoms with Crippen molar-refractivity contribution < 1.29 is 19.4 Å². The van der Waals surface area contributed by atoms with Gasteiger partial charge in [-0.05, 0) is 38.3 Å². The van der Waals surface area contributed by atoms with Crippen LogP contribution >= 0.6 is 0 Å². The molecule has 6 heteroatoms. The van der Waals surface area contributed by atoms with Gasteiger partial charge in [0.05, 0.1) is 11.2 Å². The minimum atomic E-state index is -1.10. The van der Waals surface area contributed by atoms with Crippen LogP contribution in [-0.4, -0.2) is 52.7 Å². The summed E-state index contributed by atoms with van der Waals surface area (Å²) in [5.41, 5.74) is 0.177. The van der Waals surface area contributed by atoms with Crippen LogP contribution < -0.4 is 0 Å². The van der Waals surface area contributed by atoms with Crippen molar-refractivity contribution in [3.8, 4) is 0 Å². The van der Waals surface area contributed by atoms with E-state index in [2.05, 4.69) is 11.9 Å². The minimum absolute atomic E-state index is 0.0608. The van der Waals surface area contributed by atoms with Gasteiger partial charge < -0.3 is 14.7 Å². The Hall–Kier alpha value is -1.95. The van der Waals surface area contributed by atoms with Crippen LogP contribution in [0.15, 0.2) is 18.3 Å². The van der Waals surface area contributed by atoms with Gasteiger partial charge in [-0.1, -0.05) is 0 Å². The van der Waals surface area contributed by atoms with Crippen molar-refractivity contribution in [3.05, 3.63) is 29.6 Å². The molecular weight excluding hydrogens is 272 g/mol. The van der Waals surface area contributed by atoms with Crippen LogP contribution in [0.3, 0.4) is 0 Å². The number of aromatic carboxylic acids is 1. The number of carboxylic acid groups (broad SMARTS) is 1. The van der Waals surface area contributed by atoms with Crippen molar-refractivity contribution in [1.29, 1.82) is 0 Å².